The molecule has 0 radical (unpaired) electrons. The maximum absolute atomic E-state index is 13.6. The van der Waals surface area contributed by atoms with Gasteiger partial charge in [0.2, 0.25) is 5.91 Å². The summed E-state index contributed by atoms with van der Waals surface area (Å²) in [6.45, 7) is 1.36. The molecule has 0 aromatic heterocycles. The van der Waals surface area contributed by atoms with Gasteiger partial charge >= 0.3 is 0 Å². The van der Waals surface area contributed by atoms with E-state index in [9.17, 15) is 23.3 Å². The number of nitro groups is 1. The summed E-state index contributed by atoms with van der Waals surface area (Å²) in [6, 6.07) is 15.6. The van der Waals surface area contributed by atoms with E-state index in [-0.39, 0.29) is 40.1 Å². The molecule has 0 aliphatic rings. The van der Waals surface area contributed by atoms with Crippen LogP contribution in [0.25, 0.3) is 0 Å². The molecule has 3 aromatic carbocycles. The molecule has 0 saturated carbocycles. The summed E-state index contributed by atoms with van der Waals surface area (Å²) in [5.74, 6) is -0.327. The number of nitrogens with zero attached hydrogens (tertiary/aromatic N) is 2. The molecule has 0 aliphatic carbocycles. The molecule has 35 heavy (non-hydrogen) atoms. The Morgan fingerprint density at radius 2 is 1.77 bits per heavy atom. The molecule has 0 unspecified atom stereocenters. The number of carbonyl (C=O) groups is 1. The number of carbonyl (C=O) groups excluding carboxylic acids is 1. The number of nitrogens with one attached hydrogen (secondary N) is 1. The third kappa shape index (κ3) is 6.00. The largest absolute Gasteiger partial charge is 0.495 e. The number of para-hydroxylation sites is 2. The number of methoxy groups -OCH3 is 1. The van der Waals surface area contributed by atoms with E-state index in [1.807, 2.05) is 0 Å². The fraction of sp³-hybridized carbons (Fsp3) is 0.174. The summed E-state index contributed by atoms with van der Waals surface area (Å²) < 4.78 is 38.8. The van der Waals surface area contributed by atoms with Crippen LogP contribution in [0.2, 0.25) is 5.02 Å². The first kappa shape index (κ1) is 25.8. The van der Waals surface area contributed by atoms with Crippen molar-refractivity contribution in [1.82, 2.24) is 0 Å². The van der Waals surface area contributed by atoms with E-state index in [0.29, 0.717) is 5.02 Å². The van der Waals surface area contributed by atoms with Crippen molar-refractivity contribution in [3.63, 3.8) is 0 Å². The number of hydrogen-bond donors (Lipinski definition) is 1. The van der Waals surface area contributed by atoms with Crippen molar-refractivity contribution < 1.29 is 27.6 Å². The first-order chi connectivity index (χ1) is 16.7. The lowest BCUT2D eigenvalue weighted by Crippen LogP contribution is -2.38. The predicted molar refractivity (Wildman–Crippen MR) is 132 cm³/mol. The molecular weight excluding hydrogens is 498 g/mol. The van der Waals surface area contributed by atoms with Crippen LogP contribution in [-0.2, 0) is 14.8 Å². The van der Waals surface area contributed by atoms with Gasteiger partial charge in [-0.05, 0) is 49.4 Å². The number of amides is 1. The van der Waals surface area contributed by atoms with Gasteiger partial charge in [-0.15, -0.1) is 0 Å². The van der Waals surface area contributed by atoms with Crippen molar-refractivity contribution in [2.75, 3.05) is 29.9 Å². The van der Waals surface area contributed by atoms with Crippen molar-refractivity contribution in [3.8, 4) is 11.5 Å². The van der Waals surface area contributed by atoms with Gasteiger partial charge in [0.1, 0.15) is 18.0 Å². The number of benzene rings is 3. The Balaban J connectivity index is 2.03. The Bertz CT molecular complexity index is 1330. The van der Waals surface area contributed by atoms with Crippen LogP contribution in [0, 0.1) is 10.1 Å². The second-order valence-corrected chi connectivity index (χ2v) is 9.35. The average Bonchev–Trinajstić information content (AvgIpc) is 2.83. The molecule has 0 atom stereocenters. The number of anilines is 2. The van der Waals surface area contributed by atoms with Gasteiger partial charge in [0.15, 0.2) is 0 Å². The van der Waals surface area contributed by atoms with E-state index < -0.39 is 27.4 Å². The molecule has 1 amide bonds. The number of rotatable bonds is 10. The molecule has 3 aromatic rings. The highest BCUT2D eigenvalue weighted by atomic mass is 35.5. The zero-order chi connectivity index (χ0) is 25.6. The van der Waals surface area contributed by atoms with E-state index in [1.54, 1.807) is 25.1 Å². The zero-order valence-electron chi connectivity index (χ0n) is 18.8. The zero-order valence-corrected chi connectivity index (χ0v) is 20.4. The smallest absolute Gasteiger partial charge is 0.271 e. The standard InChI is InChI=1S/C23H22ClN3O7S/c1-3-34-22-7-5-4-6-20(22)26(35(31,32)18-11-8-16(24)9-12-18)15-23(28)25-19-14-17(27(29)30)10-13-21(19)33-2/h4-14H,3,15H2,1-2H3,(H,25,28). The Hall–Kier alpha value is -3.83. The maximum Gasteiger partial charge on any atom is 0.271 e. The second kappa shape index (κ2) is 11.1. The number of halogens is 1. The molecule has 0 fully saturated rings. The molecule has 12 heteroatoms. The molecule has 3 rings (SSSR count). The summed E-state index contributed by atoms with van der Waals surface area (Å²) in [4.78, 5) is 23.5. The highest BCUT2D eigenvalue weighted by molar-refractivity contribution is 7.92. The Labute approximate surface area is 207 Å². The van der Waals surface area contributed by atoms with Crippen LogP contribution in [0.1, 0.15) is 6.92 Å². The maximum atomic E-state index is 13.6. The van der Waals surface area contributed by atoms with Crippen molar-refractivity contribution in [2.45, 2.75) is 11.8 Å². The molecule has 0 saturated heterocycles. The normalized spacial score (nSPS) is 10.9. The van der Waals surface area contributed by atoms with E-state index in [4.69, 9.17) is 21.1 Å². The quantitative estimate of drug-likeness (QED) is 0.308. The minimum Gasteiger partial charge on any atom is -0.495 e. The average molecular weight is 520 g/mol. The summed E-state index contributed by atoms with van der Waals surface area (Å²) in [6.07, 6.45) is 0. The van der Waals surface area contributed by atoms with Crippen LogP contribution in [0.15, 0.2) is 71.6 Å². The lowest BCUT2D eigenvalue weighted by atomic mass is 10.2. The number of nitro benzene ring substituents is 1. The van der Waals surface area contributed by atoms with Crippen molar-refractivity contribution in [1.29, 1.82) is 0 Å². The highest BCUT2D eigenvalue weighted by Gasteiger charge is 2.30. The summed E-state index contributed by atoms with van der Waals surface area (Å²) >= 11 is 5.91. The van der Waals surface area contributed by atoms with Gasteiger partial charge in [0.25, 0.3) is 15.7 Å². The number of hydrogen-bond acceptors (Lipinski definition) is 7. The van der Waals surface area contributed by atoms with Crippen LogP contribution in [0.4, 0.5) is 17.1 Å². The SMILES string of the molecule is CCOc1ccccc1N(CC(=O)Nc1cc([N+](=O)[O-])ccc1OC)S(=O)(=O)c1ccc(Cl)cc1. The van der Waals surface area contributed by atoms with Crippen LogP contribution in [0.3, 0.4) is 0 Å². The summed E-state index contributed by atoms with van der Waals surface area (Å²) in [7, 11) is -2.90. The molecule has 0 aliphatic heterocycles. The molecular formula is C23H22ClN3O7S. The Morgan fingerprint density at radius 3 is 2.40 bits per heavy atom. The Kier molecular flexibility index (Phi) is 8.15. The van der Waals surface area contributed by atoms with E-state index >= 15 is 0 Å². The first-order valence-electron chi connectivity index (χ1n) is 10.3. The first-order valence-corrected chi connectivity index (χ1v) is 12.1. The molecule has 1 N–H and O–H groups in total. The predicted octanol–water partition coefficient (Wildman–Crippen LogP) is 4.49. The van der Waals surface area contributed by atoms with Gasteiger partial charge in [-0.1, -0.05) is 23.7 Å². The van der Waals surface area contributed by atoms with Crippen molar-refractivity contribution in [2.24, 2.45) is 0 Å². The Morgan fingerprint density at radius 1 is 1.09 bits per heavy atom. The minimum absolute atomic E-state index is 0.0219. The van der Waals surface area contributed by atoms with Crippen molar-refractivity contribution in [3.05, 3.63) is 81.9 Å². The molecule has 184 valence electrons. The number of ether oxygens (including phenoxy) is 2. The summed E-state index contributed by atoms with van der Waals surface area (Å²) in [5.41, 5.74) is -0.104. The van der Waals surface area contributed by atoms with E-state index in [1.165, 1.54) is 49.6 Å². The van der Waals surface area contributed by atoms with Gasteiger partial charge in [0, 0.05) is 17.2 Å². The highest BCUT2D eigenvalue weighted by Crippen LogP contribution is 2.33. The number of sulfonamides is 1. The molecule has 0 heterocycles. The lowest BCUT2D eigenvalue weighted by Gasteiger charge is -2.26. The van der Waals surface area contributed by atoms with Gasteiger partial charge in [-0.25, -0.2) is 8.42 Å². The minimum atomic E-state index is -4.24. The lowest BCUT2D eigenvalue weighted by molar-refractivity contribution is -0.384. The second-order valence-electron chi connectivity index (χ2n) is 7.06. The van der Waals surface area contributed by atoms with Crippen LogP contribution < -0.4 is 19.1 Å². The van der Waals surface area contributed by atoms with Gasteiger partial charge in [-0.2, -0.15) is 0 Å². The van der Waals surface area contributed by atoms with Gasteiger partial charge < -0.3 is 14.8 Å². The van der Waals surface area contributed by atoms with Gasteiger partial charge in [0.05, 0.1) is 34.9 Å². The summed E-state index contributed by atoms with van der Waals surface area (Å²) in [5, 5.41) is 14.0. The molecule has 0 bridgehead atoms. The fourth-order valence-corrected chi connectivity index (χ4v) is 4.76. The molecule has 10 nitrogen and oxygen atoms in total. The topological polar surface area (TPSA) is 128 Å². The van der Waals surface area contributed by atoms with E-state index in [0.717, 1.165) is 10.4 Å². The third-order valence-electron chi connectivity index (χ3n) is 4.79. The van der Waals surface area contributed by atoms with Crippen LogP contribution in [0.5, 0.6) is 11.5 Å². The number of non-ortho nitro benzene ring substituents is 1. The monoisotopic (exact) mass is 519 g/mol. The third-order valence-corrected chi connectivity index (χ3v) is 6.82. The molecule has 0 spiro atoms. The fourth-order valence-electron chi connectivity index (χ4n) is 3.20. The van der Waals surface area contributed by atoms with Crippen LogP contribution in [-0.4, -0.2) is 39.5 Å². The van der Waals surface area contributed by atoms with Gasteiger partial charge in [-0.3, -0.25) is 19.2 Å². The van der Waals surface area contributed by atoms with Crippen LogP contribution >= 0.6 is 11.6 Å². The van der Waals surface area contributed by atoms with Crippen molar-refractivity contribution >= 4 is 44.6 Å². The van der Waals surface area contributed by atoms with E-state index in [2.05, 4.69) is 5.32 Å².